The molecule has 0 radical (unpaired) electrons. The highest BCUT2D eigenvalue weighted by Crippen LogP contribution is 2.26. The van der Waals surface area contributed by atoms with Gasteiger partial charge in [-0.1, -0.05) is 0 Å². The van der Waals surface area contributed by atoms with Crippen LogP contribution in [0, 0.1) is 5.82 Å². The number of hydrogen-bond donors (Lipinski definition) is 2. The Morgan fingerprint density at radius 3 is 2.56 bits per heavy atom. The molecule has 0 amide bonds. The molecule has 4 nitrogen and oxygen atoms in total. The lowest BCUT2D eigenvalue weighted by Gasteiger charge is -2.05. The Morgan fingerprint density at radius 1 is 1.06 bits per heavy atom. The number of fused-ring (bicyclic) bond motifs is 1. The van der Waals surface area contributed by atoms with E-state index in [1.54, 1.807) is 24.3 Å². The molecule has 0 fully saturated rings. The summed E-state index contributed by atoms with van der Waals surface area (Å²) >= 11 is 0. The van der Waals surface area contributed by atoms with Gasteiger partial charge in [-0.15, -0.1) is 0 Å². The second-order valence-corrected chi connectivity index (χ2v) is 3.87. The van der Waals surface area contributed by atoms with Crippen LogP contribution in [0.15, 0.2) is 42.5 Å². The van der Waals surface area contributed by atoms with Crippen LogP contribution in [0.3, 0.4) is 0 Å². The normalized spacial score (nSPS) is 10.7. The molecule has 18 heavy (non-hydrogen) atoms. The summed E-state index contributed by atoms with van der Waals surface area (Å²) in [5.41, 5.74) is 6.47. The van der Waals surface area contributed by atoms with Gasteiger partial charge < -0.3 is 10.5 Å². The van der Waals surface area contributed by atoms with Crippen molar-refractivity contribution in [2.75, 3.05) is 5.73 Å². The third-order valence-electron chi connectivity index (χ3n) is 2.61. The molecule has 0 spiro atoms. The van der Waals surface area contributed by atoms with Gasteiger partial charge in [0.15, 0.2) is 5.82 Å². The number of rotatable bonds is 2. The Kier molecular flexibility index (Phi) is 2.37. The van der Waals surface area contributed by atoms with Crippen molar-refractivity contribution in [3.63, 3.8) is 0 Å². The van der Waals surface area contributed by atoms with Gasteiger partial charge in [0.25, 0.3) is 0 Å². The molecule has 1 heterocycles. The molecule has 0 aliphatic carbocycles. The van der Waals surface area contributed by atoms with E-state index in [1.807, 2.05) is 6.07 Å². The van der Waals surface area contributed by atoms with Crippen molar-refractivity contribution in [2.45, 2.75) is 0 Å². The average Bonchev–Trinajstić information content (AvgIpc) is 2.74. The number of aromatic amines is 1. The molecule has 0 unspecified atom stereocenters. The predicted molar refractivity (Wildman–Crippen MR) is 67.0 cm³/mol. The molecule has 5 heteroatoms. The van der Waals surface area contributed by atoms with Crippen molar-refractivity contribution in [1.29, 1.82) is 0 Å². The number of ether oxygens (including phenoxy) is 1. The number of nitrogens with zero attached hydrogens (tertiary/aromatic N) is 1. The van der Waals surface area contributed by atoms with E-state index in [4.69, 9.17) is 10.5 Å². The van der Waals surface area contributed by atoms with Crippen LogP contribution in [0.2, 0.25) is 0 Å². The molecule has 3 rings (SSSR count). The third-order valence-corrected chi connectivity index (χ3v) is 2.61. The van der Waals surface area contributed by atoms with Crippen molar-refractivity contribution in [3.05, 3.63) is 48.3 Å². The van der Waals surface area contributed by atoms with E-state index in [1.165, 1.54) is 12.1 Å². The number of hydrogen-bond acceptors (Lipinski definition) is 3. The molecule has 0 saturated heterocycles. The van der Waals surface area contributed by atoms with Crippen LogP contribution in [0.4, 0.5) is 10.2 Å². The predicted octanol–water partition coefficient (Wildman–Crippen LogP) is 3.08. The minimum absolute atomic E-state index is 0.292. The summed E-state index contributed by atoms with van der Waals surface area (Å²) in [6.45, 7) is 0. The number of anilines is 1. The van der Waals surface area contributed by atoms with Crippen molar-refractivity contribution in [3.8, 4) is 11.5 Å². The molecular formula is C13H10FN3O. The van der Waals surface area contributed by atoms with Gasteiger partial charge in [-0.3, -0.25) is 5.10 Å². The Labute approximate surface area is 102 Å². The van der Waals surface area contributed by atoms with Crippen LogP contribution in [0.25, 0.3) is 10.9 Å². The van der Waals surface area contributed by atoms with Crippen LogP contribution < -0.4 is 10.5 Å². The lowest BCUT2D eigenvalue weighted by molar-refractivity contribution is 0.481. The summed E-state index contributed by atoms with van der Waals surface area (Å²) in [7, 11) is 0. The lowest BCUT2D eigenvalue weighted by Crippen LogP contribution is -1.85. The maximum Gasteiger partial charge on any atom is 0.153 e. The summed E-state index contributed by atoms with van der Waals surface area (Å²) < 4.78 is 18.3. The highest BCUT2D eigenvalue weighted by Gasteiger charge is 2.04. The lowest BCUT2D eigenvalue weighted by atomic mass is 10.2. The van der Waals surface area contributed by atoms with Gasteiger partial charge in [0.05, 0.1) is 5.52 Å². The second-order valence-electron chi connectivity index (χ2n) is 3.87. The van der Waals surface area contributed by atoms with E-state index in [-0.39, 0.29) is 5.82 Å². The Balaban J connectivity index is 1.92. The zero-order valence-corrected chi connectivity index (χ0v) is 9.35. The standard InChI is InChI=1S/C13H10FN3O/c14-8-1-3-9(4-2-8)18-10-5-6-11-12(7-10)16-17-13(11)15/h1-7H,(H3,15,16,17). The summed E-state index contributed by atoms with van der Waals surface area (Å²) in [5.74, 6) is 1.37. The number of aromatic nitrogens is 2. The minimum atomic E-state index is -0.292. The molecule has 0 aliphatic heterocycles. The third kappa shape index (κ3) is 1.86. The van der Waals surface area contributed by atoms with Gasteiger partial charge in [0, 0.05) is 11.5 Å². The smallest absolute Gasteiger partial charge is 0.153 e. The van der Waals surface area contributed by atoms with Crippen molar-refractivity contribution >= 4 is 16.7 Å². The maximum atomic E-state index is 12.8. The number of H-pyrrole nitrogens is 1. The Bertz CT molecular complexity index is 691. The fourth-order valence-corrected chi connectivity index (χ4v) is 1.72. The molecule has 0 bridgehead atoms. The van der Waals surface area contributed by atoms with Gasteiger partial charge >= 0.3 is 0 Å². The zero-order chi connectivity index (χ0) is 12.5. The first kappa shape index (κ1) is 10.6. The van der Waals surface area contributed by atoms with E-state index < -0.39 is 0 Å². The van der Waals surface area contributed by atoms with Crippen LogP contribution in [0.5, 0.6) is 11.5 Å². The first-order valence-corrected chi connectivity index (χ1v) is 5.39. The van der Waals surface area contributed by atoms with E-state index in [9.17, 15) is 4.39 Å². The topological polar surface area (TPSA) is 63.9 Å². The van der Waals surface area contributed by atoms with Gasteiger partial charge in [-0.05, 0) is 36.4 Å². The zero-order valence-electron chi connectivity index (χ0n) is 9.35. The highest BCUT2D eigenvalue weighted by molar-refractivity contribution is 5.89. The van der Waals surface area contributed by atoms with Crippen LogP contribution >= 0.6 is 0 Å². The number of halogens is 1. The minimum Gasteiger partial charge on any atom is -0.457 e. The highest BCUT2D eigenvalue weighted by atomic mass is 19.1. The molecular weight excluding hydrogens is 233 g/mol. The van der Waals surface area contributed by atoms with Crippen LogP contribution in [-0.2, 0) is 0 Å². The molecule has 0 aliphatic rings. The van der Waals surface area contributed by atoms with Gasteiger partial charge in [0.1, 0.15) is 17.3 Å². The average molecular weight is 243 g/mol. The molecule has 0 saturated carbocycles. The molecule has 1 aromatic heterocycles. The van der Waals surface area contributed by atoms with E-state index in [0.717, 1.165) is 10.9 Å². The quantitative estimate of drug-likeness (QED) is 0.727. The Morgan fingerprint density at radius 2 is 1.78 bits per heavy atom. The van der Waals surface area contributed by atoms with Crippen molar-refractivity contribution < 1.29 is 9.13 Å². The first-order chi connectivity index (χ1) is 8.72. The number of nitrogen functional groups attached to an aromatic ring is 1. The molecule has 2 aromatic carbocycles. The van der Waals surface area contributed by atoms with E-state index in [0.29, 0.717) is 17.3 Å². The maximum absolute atomic E-state index is 12.8. The summed E-state index contributed by atoms with van der Waals surface area (Å²) in [6.07, 6.45) is 0. The van der Waals surface area contributed by atoms with Gasteiger partial charge in [0.2, 0.25) is 0 Å². The largest absolute Gasteiger partial charge is 0.457 e. The van der Waals surface area contributed by atoms with Gasteiger partial charge in [-0.2, -0.15) is 5.10 Å². The van der Waals surface area contributed by atoms with Crippen LogP contribution in [-0.4, -0.2) is 10.2 Å². The summed E-state index contributed by atoms with van der Waals surface area (Å²) in [5, 5.41) is 7.56. The SMILES string of the molecule is Nc1n[nH]c2cc(Oc3ccc(F)cc3)ccc12. The monoisotopic (exact) mass is 243 g/mol. The van der Waals surface area contributed by atoms with Crippen molar-refractivity contribution in [1.82, 2.24) is 10.2 Å². The first-order valence-electron chi connectivity index (χ1n) is 5.39. The summed E-state index contributed by atoms with van der Waals surface area (Å²) in [6, 6.07) is 11.2. The molecule has 90 valence electrons. The second kappa shape index (κ2) is 4.03. The molecule has 3 aromatic rings. The number of nitrogens with one attached hydrogen (secondary N) is 1. The van der Waals surface area contributed by atoms with Crippen LogP contribution in [0.1, 0.15) is 0 Å². The number of benzene rings is 2. The molecule has 0 atom stereocenters. The fraction of sp³-hybridized carbons (Fsp3) is 0. The number of nitrogens with two attached hydrogens (primary N) is 1. The summed E-state index contributed by atoms with van der Waals surface area (Å²) in [4.78, 5) is 0. The Hall–Kier alpha value is -2.56. The van der Waals surface area contributed by atoms with Crippen molar-refractivity contribution in [2.24, 2.45) is 0 Å². The van der Waals surface area contributed by atoms with E-state index in [2.05, 4.69) is 10.2 Å². The fourth-order valence-electron chi connectivity index (χ4n) is 1.72. The van der Waals surface area contributed by atoms with Gasteiger partial charge in [-0.25, -0.2) is 4.39 Å². The van der Waals surface area contributed by atoms with E-state index >= 15 is 0 Å². The molecule has 3 N–H and O–H groups in total.